The molecule has 0 aliphatic rings. The third-order valence-corrected chi connectivity index (χ3v) is 3.70. The summed E-state index contributed by atoms with van der Waals surface area (Å²) in [6.45, 7) is 6.31. The van der Waals surface area contributed by atoms with Crippen LogP contribution in [0, 0.1) is 12.8 Å². The van der Waals surface area contributed by atoms with Crippen molar-refractivity contribution in [1.82, 2.24) is 9.55 Å². The molecule has 0 saturated carbocycles. The molecule has 3 heteroatoms. The lowest BCUT2D eigenvalue weighted by molar-refractivity contribution is 0.606. The largest absolute Gasteiger partial charge is 0.268 e. The molecule has 0 atom stereocenters. The van der Waals surface area contributed by atoms with Crippen molar-refractivity contribution in [2.24, 2.45) is 5.92 Å². The average Bonchev–Trinajstić information content (AvgIpc) is 2.47. The molecule has 0 N–H and O–H groups in total. The molecule has 0 aliphatic carbocycles. The molecule has 0 aliphatic heterocycles. The molecule has 0 fully saturated rings. The van der Waals surface area contributed by atoms with Crippen molar-refractivity contribution in [2.45, 2.75) is 27.2 Å². The quantitative estimate of drug-likeness (QED) is 0.734. The second-order valence-electron chi connectivity index (χ2n) is 6.12. The van der Waals surface area contributed by atoms with Gasteiger partial charge < -0.3 is 0 Å². The van der Waals surface area contributed by atoms with Crippen LogP contribution < -0.4 is 5.56 Å². The zero-order chi connectivity index (χ0) is 15.7. The van der Waals surface area contributed by atoms with E-state index < -0.39 is 0 Å². The number of hydrogen-bond donors (Lipinski definition) is 0. The van der Waals surface area contributed by atoms with Gasteiger partial charge in [-0.2, -0.15) is 0 Å². The molecule has 3 rings (SSSR count). The number of nitrogens with zero attached hydrogens (tertiary/aromatic N) is 2. The van der Waals surface area contributed by atoms with Crippen molar-refractivity contribution >= 4 is 10.9 Å². The van der Waals surface area contributed by atoms with E-state index in [2.05, 4.69) is 13.8 Å². The van der Waals surface area contributed by atoms with Crippen LogP contribution in [0.4, 0.5) is 0 Å². The van der Waals surface area contributed by atoms with Gasteiger partial charge in [0.05, 0.1) is 16.6 Å². The third kappa shape index (κ3) is 2.67. The highest BCUT2D eigenvalue weighted by Crippen LogP contribution is 2.16. The first kappa shape index (κ1) is 14.5. The number of para-hydroxylation sites is 1. The summed E-state index contributed by atoms with van der Waals surface area (Å²) < 4.78 is 1.76. The Labute approximate surface area is 130 Å². The summed E-state index contributed by atoms with van der Waals surface area (Å²) in [5.41, 5.74) is 2.80. The molecule has 112 valence electrons. The maximum absolute atomic E-state index is 13.0. The van der Waals surface area contributed by atoms with Crippen LogP contribution in [0.5, 0.6) is 0 Å². The second-order valence-corrected chi connectivity index (χ2v) is 6.12. The van der Waals surface area contributed by atoms with Gasteiger partial charge in [-0.1, -0.05) is 38.1 Å². The van der Waals surface area contributed by atoms with E-state index in [4.69, 9.17) is 4.98 Å². The summed E-state index contributed by atoms with van der Waals surface area (Å²) in [6.07, 6.45) is 0.772. The summed E-state index contributed by atoms with van der Waals surface area (Å²) in [4.78, 5) is 17.7. The van der Waals surface area contributed by atoms with Crippen LogP contribution >= 0.6 is 0 Å². The lowest BCUT2D eigenvalue weighted by Gasteiger charge is -2.15. The van der Waals surface area contributed by atoms with Gasteiger partial charge in [-0.3, -0.25) is 9.36 Å². The van der Waals surface area contributed by atoms with Gasteiger partial charge in [-0.15, -0.1) is 0 Å². The minimum absolute atomic E-state index is 0.00634. The Morgan fingerprint density at radius 3 is 2.59 bits per heavy atom. The Balaban J connectivity index is 2.34. The monoisotopic (exact) mass is 292 g/mol. The molecule has 0 bridgehead atoms. The van der Waals surface area contributed by atoms with E-state index in [1.54, 1.807) is 4.57 Å². The Morgan fingerprint density at radius 1 is 1.09 bits per heavy atom. The molecule has 1 heterocycles. The highest BCUT2D eigenvalue weighted by atomic mass is 16.1. The van der Waals surface area contributed by atoms with Crippen molar-refractivity contribution in [3.8, 4) is 5.69 Å². The maximum Gasteiger partial charge on any atom is 0.265 e. The van der Waals surface area contributed by atoms with Gasteiger partial charge in [-0.05, 0) is 42.7 Å². The topological polar surface area (TPSA) is 34.9 Å². The molecular formula is C19H20N2O. The Morgan fingerprint density at radius 2 is 1.86 bits per heavy atom. The standard InChI is InChI=1S/C19H20N2O/c1-13(2)11-18-20-17-10-5-4-9-16(17)19(22)21(18)15-8-6-7-14(3)12-15/h4-10,12-13H,11H2,1-3H3. The minimum atomic E-state index is 0.00634. The SMILES string of the molecule is Cc1cccc(-n2c(CC(C)C)nc3ccccc3c2=O)c1. The summed E-state index contributed by atoms with van der Waals surface area (Å²) >= 11 is 0. The van der Waals surface area contributed by atoms with Gasteiger partial charge in [0.2, 0.25) is 0 Å². The number of benzene rings is 2. The lowest BCUT2D eigenvalue weighted by atomic mass is 10.1. The molecule has 0 unspecified atom stereocenters. The van der Waals surface area contributed by atoms with Crippen LogP contribution in [0.2, 0.25) is 0 Å². The predicted octanol–water partition coefficient (Wildman–Crippen LogP) is 3.89. The van der Waals surface area contributed by atoms with Crippen LogP contribution in [0.3, 0.4) is 0 Å². The normalized spacial score (nSPS) is 11.3. The molecule has 3 aromatic rings. The van der Waals surface area contributed by atoms with Gasteiger partial charge in [0.15, 0.2) is 0 Å². The first-order valence-corrected chi connectivity index (χ1v) is 7.64. The van der Waals surface area contributed by atoms with Crippen molar-refractivity contribution in [2.75, 3.05) is 0 Å². The number of aromatic nitrogens is 2. The molecule has 0 spiro atoms. The van der Waals surface area contributed by atoms with E-state index in [1.165, 1.54) is 0 Å². The van der Waals surface area contributed by atoms with E-state index in [0.29, 0.717) is 11.3 Å². The Hall–Kier alpha value is -2.42. The van der Waals surface area contributed by atoms with Crippen LogP contribution in [0.15, 0.2) is 53.3 Å². The highest BCUT2D eigenvalue weighted by Gasteiger charge is 2.13. The van der Waals surface area contributed by atoms with Crippen LogP contribution in [0.1, 0.15) is 25.2 Å². The van der Waals surface area contributed by atoms with Gasteiger partial charge in [0.25, 0.3) is 5.56 Å². The first-order valence-electron chi connectivity index (χ1n) is 7.64. The molecule has 0 radical (unpaired) electrons. The zero-order valence-corrected chi connectivity index (χ0v) is 13.2. The fraction of sp³-hybridized carbons (Fsp3) is 0.263. The minimum Gasteiger partial charge on any atom is -0.268 e. The van der Waals surface area contributed by atoms with E-state index in [0.717, 1.165) is 29.0 Å². The smallest absolute Gasteiger partial charge is 0.265 e. The van der Waals surface area contributed by atoms with Crippen LogP contribution in [-0.2, 0) is 6.42 Å². The second kappa shape index (κ2) is 5.76. The zero-order valence-electron chi connectivity index (χ0n) is 13.2. The number of aryl methyl sites for hydroxylation is 1. The van der Waals surface area contributed by atoms with Crippen molar-refractivity contribution in [1.29, 1.82) is 0 Å². The number of rotatable bonds is 3. The fourth-order valence-corrected chi connectivity index (χ4v) is 2.71. The third-order valence-electron chi connectivity index (χ3n) is 3.70. The van der Waals surface area contributed by atoms with Crippen molar-refractivity contribution in [3.05, 3.63) is 70.3 Å². The van der Waals surface area contributed by atoms with Crippen molar-refractivity contribution in [3.63, 3.8) is 0 Å². The van der Waals surface area contributed by atoms with E-state index in [1.807, 2.05) is 55.5 Å². The molecule has 2 aromatic carbocycles. The fourth-order valence-electron chi connectivity index (χ4n) is 2.71. The number of fused-ring (bicyclic) bond motifs is 1. The maximum atomic E-state index is 13.0. The molecular weight excluding hydrogens is 272 g/mol. The summed E-state index contributed by atoms with van der Waals surface area (Å²) in [7, 11) is 0. The van der Waals surface area contributed by atoms with Crippen molar-refractivity contribution < 1.29 is 0 Å². The van der Waals surface area contributed by atoms with Crippen LogP contribution in [-0.4, -0.2) is 9.55 Å². The molecule has 3 nitrogen and oxygen atoms in total. The predicted molar refractivity (Wildman–Crippen MR) is 90.6 cm³/mol. The lowest BCUT2D eigenvalue weighted by Crippen LogP contribution is -2.24. The molecule has 1 aromatic heterocycles. The van der Waals surface area contributed by atoms with Gasteiger partial charge >= 0.3 is 0 Å². The molecule has 0 amide bonds. The molecule has 0 saturated heterocycles. The van der Waals surface area contributed by atoms with E-state index >= 15 is 0 Å². The van der Waals surface area contributed by atoms with Gasteiger partial charge in [0.1, 0.15) is 5.82 Å². The van der Waals surface area contributed by atoms with Gasteiger partial charge in [-0.25, -0.2) is 4.98 Å². The summed E-state index contributed by atoms with van der Waals surface area (Å²) in [5.74, 6) is 1.26. The van der Waals surface area contributed by atoms with E-state index in [9.17, 15) is 4.79 Å². The highest BCUT2D eigenvalue weighted by molar-refractivity contribution is 5.77. The molecule has 22 heavy (non-hydrogen) atoms. The number of hydrogen-bond acceptors (Lipinski definition) is 2. The van der Waals surface area contributed by atoms with Gasteiger partial charge in [0, 0.05) is 6.42 Å². The van der Waals surface area contributed by atoms with Crippen LogP contribution in [0.25, 0.3) is 16.6 Å². The average molecular weight is 292 g/mol. The summed E-state index contributed by atoms with van der Waals surface area (Å²) in [6, 6.07) is 15.6. The summed E-state index contributed by atoms with van der Waals surface area (Å²) in [5, 5.41) is 0.663. The van der Waals surface area contributed by atoms with E-state index in [-0.39, 0.29) is 5.56 Å². The Kier molecular flexibility index (Phi) is 3.80. The first-order chi connectivity index (χ1) is 10.6. The Bertz CT molecular complexity index is 878.